The molecule has 0 bridgehead atoms. The normalized spacial score (nSPS) is 16.0. The van der Waals surface area contributed by atoms with Crippen molar-refractivity contribution in [3.05, 3.63) is 94.8 Å². The molecule has 2 aliphatic carbocycles. The number of aryl methyl sites for hydroxylation is 1. The molecule has 2 aromatic carbocycles. The summed E-state index contributed by atoms with van der Waals surface area (Å²) in [6, 6.07) is 15.8. The van der Waals surface area contributed by atoms with Crippen LogP contribution in [0.3, 0.4) is 0 Å². The topological polar surface area (TPSA) is 82.5 Å². The summed E-state index contributed by atoms with van der Waals surface area (Å²) < 4.78 is 0. The molecule has 33 heavy (non-hydrogen) atoms. The number of pyridine rings is 1. The SMILES string of the molecule is CN(c1ccc(C(=O)C2=CC2)cc1)c1ccc2c(c1)CC[C@H]2CNc1cnccc1C(=O)O. The summed E-state index contributed by atoms with van der Waals surface area (Å²) in [7, 11) is 2.03. The Bertz CT molecular complexity index is 1260. The third-order valence-electron chi connectivity index (χ3n) is 6.52. The average molecular weight is 440 g/mol. The number of benzene rings is 2. The highest BCUT2D eigenvalue weighted by molar-refractivity contribution is 6.11. The van der Waals surface area contributed by atoms with Gasteiger partial charge in [-0.1, -0.05) is 12.1 Å². The first-order valence-electron chi connectivity index (χ1n) is 11.1. The van der Waals surface area contributed by atoms with Crippen LogP contribution in [0.1, 0.15) is 50.6 Å². The van der Waals surface area contributed by atoms with Gasteiger partial charge in [-0.05, 0) is 72.9 Å². The summed E-state index contributed by atoms with van der Waals surface area (Å²) in [4.78, 5) is 29.8. The van der Waals surface area contributed by atoms with Crippen molar-refractivity contribution in [1.82, 2.24) is 4.98 Å². The summed E-state index contributed by atoms with van der Waals surface area (Å²) in [5.74, 6) is -0.507. The van der Waals surface area contributed by atoms with Gasteiger partial charge in [0.05, 0.1) is 17.4 Å². The molecular weight excluding hydrogens is 414 g/mol. The van der Waals surface area contributed by atoms with Gasteiger partial charge in [0.15, 0.2) is 5.78 Å². The van der Waals surface area contributed by atoms with Crippen LogP contribution in [-0.2, 0) is 6.42 Å². The maximum absolute atomic E-state index is 12.2. The molecule has 166 valence electrons. The Morgan fingerprint density at radius 1 is 1.12 bits per heavy atom. The number of hydrogen-bond donors (Lipinski definition) is 2. The second kappa shape index (κ2) is 8.54. The van der Waals surface area contributed by atoms with E-state index in [2.05, 4.69) is 33.4 Å². The number of ketones is 1. The minimum atomic E-state index is -0.957. The Labute approximate surface area is 192 Å². The molecular formula is C27H25N3O3. The zero-order chi connectivity index (χ0) is 22.9. The molecule has 6 nitrogen and oxygen atoms in total. The Morgan fingerprint density at radius 3 is 2.61 bits per heavy atom. The second-order valence-electron chi connectivity index (χ2n) is 8.59. The predicted octanol–water partition coefficient (Wildman–Crippen LogP) is 5.20. The van der Waals surface area contributed by atoms with Gasteiger partial charge in [-0.3, -0.25) is 9.78 Å². The van der Waals surface area contributed by atoms with Crippen molar-refractivity contribution in [2.75, 3.05) is 23.8 Å². The number of nitrogens with zero attached hydrogens (tertiary/aromatic N) is 2. The number of carboxylic acid groups (broad SMARTS) is 1. The first-order chi connectivity index (χ1) is 16.0. The van der Waals surface area contributed by atoms with E-state index >= 15 is 0 Å². The number of nitrogens with one attached hydrogen (secondary N) is 1. The smallest absolute Gasteiger partial charge is 0.337 e. The monoisotopic (exact) mass is 439 g/mol. The zero-order valence-corrected chi connectivity index (χ0v) is 18.4. The number of allylic oxidation sites excluding steroid dienone is 2. The highest BCUT2D eigenvalue weighted by atomic mass is 16.4. The van der Waals surface area contributed by atoms with Crippen molar-refractivity contribution in [2.24, 2.45) is 0 Å². The van der Waals surface area contributed by atoms with Crippen LogP contribution < -0.4 is 10.2 Å². The lowest BCUT2D eigenvalue weighted by Gasteiger charge is -2.21. The van der Waals surface area contributed by atoms with Crippen LogP contribution in [0.4, 0.5) is 17.1 Å². The standard InChI is InChI=1S/C27H25N3O3/c1-30(21-8-6-18(7-9-21)26(31)17-2-3-17)22-10-11-23-19(14-22)4-5-20(23)15-29-25-16-28-13-12-24(25)27(32)33/h2,6-14,16,20,29H,3-5,15H2,1H3,(H,32,33)/t20-/m0/s1. The molecule has 5 rings (SSSR count). The fraction of sp³-hybridized carbons (Fsp3) is 0.222. The number of aromatic carboxylic acids is 1. The molecule has 0 radical (unpaired) electrons. The van der Waals surface area contributed by atoms with E-state index < -0.39 is 5.97 Å². The Balaban J connectivity index is 1.28. The average Bonchev–Trinajstić information content (AvgIpc) is 3.62. The highest BCUT2D eigenvalue weighted by Gasteiger charge is 2.24. The van der Waals surface area contributed by atoms with Crippen LogP contribution in [0.2, 0.25) is 0 Å². The third kappa shape index (κ3) is 4.24. The van der Waals surface area contributed by atoms with Crippen LogP contribution in [0.5, 0.6) is 0 Å². The number of Topliss-reactive ketones (excluding diaryl/α,β-unsaturated/α-hetero) is 1. The minimum Gasteiger partial charge on any atom is -0.478 e. The van der Waals surface area contributed by atoms with Crippen LogP contribution in [0.15, 0.2) is 72.6 Å². The van der Waals surface area contributed by atoms with Crippen LogP contribution in [0, 0.1) is 0 Å². The summed E-state index contributed by atoms with van der Waals surface area (Å²) in [6.45, 7) is 0.667. The van der Waals surface area contributed by atoms with Crippen LogP contribution in [-0.4, -0.2) is 35.4 Å². The maximum atomic E-state index is 12.2. The molecule has 0 saturated carbocycles. The quantitative estimate of drug-likeness (QED) is 0.469. The molecule has 0 spiro atoms. The number of carbonyl (C=O) groups is 2. The highest BCUT2D eigenvalue weighted by Crippen LogP contribution is 2.37. The molecule has 0 saturated heterocycles. The lowest BCUT2D eigenvalue weighted by Crippen LogP contribution is -2.14. The van der Waals surface area contributed by atoms with E-state index in [1.165, 1.54) is 23.4 Å². The van der Waals surface area contributed by atoms with Gasteiger partial charge in [0.1, 0.15) is 0 Å². The lowest BCUT2D eigenvalue weighted by atomic mass is 10.0. The first kappa shape index (κ1) is 20.9. The van der Waals surface area contributed by atoms with Gasteiger partial charge in [-0.15, -0.1) is 0 Å². The number of aromatic nitrogens is 1. The van der Waals surface area contributed by atoms with Crippen LogP contribution >= 0.6 is 0 Å². The summed E-state index contributed by atoms with van der Waals surface area (Å²) in [5, 5.41) is 12.7. The fourth-order valence-corrected chi connectivity index (χ4v) is 4.48. The van der Waals surface area contributed by atoms with E-state index in [9.17, 15) is 14.7 Å². The third-order valence-corrected chi connectivity index (χ3v) is 6.52. The minimum absolute atomic E-state index is 0.128. The Morgan fingerprint density at radius 2 is 1.88 bits per heavy atom. The zero-order valence-electron chi connectivity index (χ0n) is 18.4. The van der Waals surface area contributed by atoms with Crippen molar-refractivity contribution in [2.45, 2.75) is 25.2 Å². The Kier molecular flexibility index (Phi) is 5.42. The molecule has 0 unspecified atom stereocenters. The molecule has 3 aromatic rings. The van der Waals surface area contributed by atoms with Crippen molar-refractivity contribution >= 4 is 28.8 Å². The van der Waals surface area contributed by atoms with Gasteiger partial charge in [-0.25, -0.2) is 4.79 Å². The number of rotatable bonds is 8. The molecule has 6 heteroatoms. The van der Waals surface area contributed by atoms with E-state index in [1.54, 1.807) is 6.20 Å². The molecule has 2 N–H and O–H groups in total. The van der Waals surface area contributed by atoms with Crippen molar-refractivity contribution < 1.29 is 14.7 Å². The van der Waals surface area contributed by atoms with E-state index in [4.69, 9.17) is 0 Å². The lowest BCUT2D eigenvalue weighted by molar-refractivity contribution is 0.0697. The molecule has 1 atom stereocenters. The van der Waals surface area contributed by atoms with Gasteiger partial charge in [0.2, 0.25) is 0 Å². The van der Waals surface area contributed by atoms with Gasteiger partial charge in [0.25, 0.3) is 0 Å². The van der Waals surface area contributed by atoms with Gasteiger partial charge in [0, 0.05) is 48.2 Å². The molecule has 0 aliphatic heterocycles. The van der Waals surface area contributed by atoms with Crippen LogP contribution in [0.25, 0.3) is 0 Å². The number of hydrogen-bond acceptors (Lipinski definition) is 5. The molecule has 0 fully saturated rings. The number of fused-ring (bicyclic) bond motifs is 1. The summed E-state index contributed by atoms with van der Waals surface area (Å²) in [5.41, 5.74) is 7.19. The number of carboxylic acids is 1. The molecule has 1 heterocycles. The van der Waals surface area contributed by atoms with E-state index in [-0.39, 0.29) is 11.3 Å². The molecule has 2 aliphatic rings. The number of carbonyl (C=O) groups excluding carboxylic acids is 1. The fourth-order valence-electron chi connectivity index (χ4n) is 4.48. The second-order valence-corrected chi connectivity index (χ2v) is 8.59. The van der Waals surface area contributed by atoms with Gasteiger partial charge in [-0.2, -0.15) is 0 Å². The summed E-state index contributed by atoms with van der Waals surface area (Å²) >= 11 is 0. The molecule has 1 aromatic heterocycles. The van der Waals surface area contributed by atoms with Crippen molar-refractivity contribution in [3.63, 3.8) is 0 Å². The van der Waals surface area contributed by atoms with Crippen molar-refractivity contribution in [3.8, 4) is 0 Å². The first-order valence-corrected chi connectivity index (χ1v) is 11.1. The van der Waals surface area contributed by atoms with Crippen molar-refractivity contribution in [1.29, 1.82) is 0 Å². The largest absolute Gasteiger partial charge is 0.478 e. The predicted molar refractivity (Wildman–Crippen MR) is 129 cm³/mol. The van der Waals surface area contributed by atoms with Gasteiger partial charge < -0.3 is 15.3 Å². The van der Waals surface area contributed by atoms with Gasteiger partial charge >= 0.3 is 5.97 Å². The maximum Gasteiger partial charge on any atom is 0.337 e. The van der Waals surface area contributed by atoms with E-state index in [1.807, 2.05) is 37.4 Å². The van der Waals surface area contributed by atoms with E-state index in [0.29, 0.717) is 18.2 Å². The number of anilines is 3. The Hall–Kier alpha value is -3.93. The summed E-state index contributed by atoms with van der Waals surface area (Å²) in [6.07, 6.45) is 7.84. The van der Waals surface area contributed by atoms with E-state index in [0.717, 1.165) is 41.8 Å². The molecule has 0 amide bonds.